The van der Waals surface area contributed by atoms with E-state index in [4.69, 9.17) is 14.1 Å². The van der Waals surface area contributed by atoms with Crippen molar-refractivity contribution < 1.29 is 13.5 Å². The van der Waals surface area contributed by atoms with Crippen LogP contribution >= 0.6 is 0 Å². The minimum absolute atomic E-state index is 0.196. The monoisotopic (exact) mass is 380 g/mol. The number of oxazole rings is 1. The lowest BCUT2D eigenvalue weighted by Crippen LogP contribution is -2.23. The number of benzene rings is 2. The van der Waals surface area contributed by atoms with Crippen molar-refractivity contribution in [2.75, 3.05) is 13.2 Å². The zero-order valence-electron chi connectivity index (χ0n) is 16.3. The molecule has 28 heavy (non-hydrogen) atoms. The van der Waals surface area contributed by atoms with Crippen LogP contribution in [0.5, 0.6) is 5.75 Å². The number of aromatic nitrogens is 1. The van der Waals surface area contributed by atoms with Gasteiger partial charge in [0.2, 0.25) is 5.89 Å². The molecule has 2 heterocycles. The van der Waals surface area contributed by atoms with Crippen LogP contribution in [-0.2, 0) is 6.54 Å². The number of hydrogen-bond acceptors (Lipinski definition) is 4. The Bertz CT molecular complexity index is 936. The smallest absolute Gasteiger partial charge is 0.230 e. The number of rotatable bonds is 6. The summed E-state index contributed by atoms with van der Waals surface area (Å²) in [6.07, 6.45) is 2.20. The fraction of sp³-hybridized carbons (Fsp3) is 0.348. The van der Waals surface area contributed by atoms with Gasteiger partial charge in [-0.1, -0.05) is 24.3 Å². The van der Waals surface area contributed by atoms with Crippen LogP contribution in [0.15, 0.2) is 52.9 Å². The maximum Gasteiger partial charge on any atom is 0.230 e. The van der Waals surface area contributed by atoms with E-state index in [0.29, 0.717) is 19.0 Å². The van der Waals surface area contributed by atoms with Gasteiger partial charge in [-0.25, -0.2) is 9.37 Å². The predicted octanol–water partition coefficient (Wildman–Crippen LogP) is 5.52. The molecule has 5 heteroatoms. The van der Waals surface area contributed by atoms with Crippen LogP contribution in [-0.4, -0.2) is 23.0 Å². The standard InChI is InChI=1S/C23H25FN2O2/c1-3-27-22-9-5-4-7-19(22)23-25-20(16(2)28-23)15-26-14-6-8-21(26)17-10-12-18(24)13-11-17/h4-5,7,9-13,21H,3,6,8,14-15H2,1-2H3. The first-order valence-electron chi connectivity index (χ1n) is 9.83. The fourth-order valence-corrected chi connectivity index (χ4v) is 3.88. The molecule has 1 unspecified atom stereocenters. The molecule has 0 saturated carbocycles. The first kappa shape index (κ1) is 18.7. The van der Waals surface area contributed by atoms with Crippen molar-refractivity contribution in [2.45, 2.75) is 39.3 Å². The summed E-state index contributed by atoms with van der Waals surface area (Å²) >= 11 is 0. The second-order valence-corrected chi connectivity index (χ2v) is 7.13. The third-order valence-electron chi connectivity index (χ3n) is 5.28. The molecule has 1 saturated heterocycles. The third-order valence-corrected chi connectivity index (χ3v) is 5.28. The summed E-state index contributed by atoms with van der Waals surface area (Å²) in [6, 6.07) is 14.9. The number of ether oxygens (including phenoxy) is 1. The Hall–Kier alpha value is -2.66. The second-order valence-electron chi connectivity index (χ2n) is 7.13. The summed E-state index contributed by atoms with van der Waals surface area (Å²) in [5, 5.41) is 0. The molecule has 146 valence electrons. The van der Waals surface area contributed by atoms with Crippen LogP contribution in [0, 0.1) is 12.7 Å². The summed E-state index contributed by atoms with van der Waals surface area (Å²) in [4.78, 5) is 7.18. The zero-order valence-corrected chi connectivity index (χ0v) is 16.3. The number of halogens is 1. The van der Waals surface area contributed by atoms with Crippen molar-refractivity contribution >= 4 is 0 Å². The van der Waals surface area contributed by atoms with Crippen molar-refractivity contribution in [3.8, 4) is 17.2 Å². The highest BCUT2D eigenvalue weighted by molar-refractivity contribution is 5.63. The predicted molar refractivity (Wildman–Crippen MR) is 107 cm³/mol. The molecule has 1 fully saturated rings. The van der Waals surface area contributed by atoms with Crippen molar-refractivity contribution in [1.82, 2.24) is 9.88 Å². The quantitative estimate of drug-likeness (QED) is 0.564. The van der Waals surface area contributed by atoms with Crippen LogP contribution in [0.1, 0.15) is 42.8 Å². The number of aryl methyl sites for hydroxylation is 1. The number of hydrogen-bond donors (Lipinski definition) is 0. The SMILES string of the molecule is CCOc1ccccc1-c1nc(CN2CCCC2c2ccc(F)cc2)c(C)o1. The molecule has 3 aromatic rings. The first-order chi connectivity index (χ1) is 13.7. The molecule has 0 radical (unpaired) electrons. The fourth-order valence-electron chi connectivity index (χ4n) is 3.88. The Morgan fingerprint density at radius 2 is 1.96 bits per heavy atom. The topological polar surface area (TPSA) is 38.5 Å². The van der Waals surface area contributed by atoms with E-state index in [1.165, 1.54) is 12.1 Å². The van der Waals surface area contributed by atoms with Crippen LogP contribution in [0.3, 0.4) is 0 Å². The van der Waals surface area contributed by atoms with E-state index in [0.717, 1.165) is 47.7 Å². The molecule has 0 bridgehead atoms. The second kappa shape index (κ2) is 8.15. The Morgan fingerprint density at radius 3 is 2.75 bits per heavy atom. The Labute approximate surface area is 165 Å². The van der Waals surface area contributed by atoms with Gasteiger partial charge in [-0.15, -0.1) is 0 Å². The summed E-state index contributed by atoms with van der Waals surface area (Å²) in [6.45, 7) is 6.23. The van der Waals surface area contributed by atoms with E-state index in [1.54, 1.807) is 0 Å². The molecule has 0 N–H and O–H groups in total. The van der Waals surface area contributed by atoms with Gasteiger partial charge in [-0.2, -0.15) is 0 Å². The summed E-state index contributed by atoms with van der Waals surface area (Å²) < 4.78 is 25.0. The van der Waals surface area contributed by atoms with Gasteiger partial charge in [0.15, 0.2) is 0 Å². The molecular formula is C23H25FN2O2. The van der Waals surface area contributed by atoms with Gasteiger partial charge in [0.05, 0.1) is 17.9 Å². The summed E-state index contributed by atoms with van der Waals surface area (Å²) in [7, 11) is 0. The minimum Gasteiger partial charge on any atom is -0.493 e. The van der Waals surface area contributed by atoms with Crippen LogP contribution < -0.4 is 4.74 Å². The molecule has 0 aliphatic carbocycles. The highest BCUT2D eigenvalue weighted by atomic mass is 19.1. The lowest BCUT2D eigenvalue weighted by molar-refractivity contribution is 0.244. The molecule has 1 aromatic heterocycles. The largest absolute Gasteiger partial charge is 0.493 e. The molecule has 1 atom stereocenters. The van der Waals surface area contributed by atoms with Crippen molar-refractivity contribution in [1.29, 1.82) is 0 Å². The normalized spacial score (nSPS) is 17.2. The van der Waals surface area contributed by atoms with Gasteiger partial charge in [-0.05, 0) is 63.1 Å². The molecule has 4 nitrogen and oxygen atoms in total. The zero-order chi connectivity index (χ0) is 19.5. The summed E-state index contributed by atoms with van der Waals surface area (Å²) in [5.74, 6) is 2.00. The van der Waals surface area contributed by atoms with Gasteiger partial charge in [0.25, 0.3) is 0 Å². The maximum atomic E-state index is 13.3. The van der Waals surface area contributed by atoms with Gasteiger partial charge < -0.3 is 9.15 Å². The van der Waals surface area contributed by atoms with E-state index >= 15 is 0 Å². The molecular weight excluding hydrogens is 355 g/mol. The average molecular weight is 380 g/mol. The van der Waals surface area contributed by atoms with Crippen LogP contribution in [0.4, 0.5) is 4.39 Å². The van der Waals surface area contributed by atoms with Gasteiger partial charge in [0.1, 0.15) is 17.3 Å². The average Bonchev–Trinajstić information content (AvgIpc) is 3.30. The van der Waals surface area contributed by atoms with E-state index < -0.39 is 0 Å². The van der Waals surface area contributed by atoms with Crippen molar-refractivity contribution in [3.63, 3.8) is 0 Å². The molecule has 0 amide bonds. The van der Waals surface area contributed by atoms with Crippen molar-refractivity contribution in [3.05, 3.63) is 71.4 Å². The Kier molecular flexibility index (Phi) is 5.44. The van der Waals surface area contributed by atoms with E-state index in [-0.39, 0.29) is 11.9 Å². The minimum atomic E-state index is -0.196. The molecule has 1 aliphatic rings. The Morgan fingerprint density at radius 1 is 1.18 bits per heavy atom. The van der Waals surface area contributed by atoms with Crippen LogP contribution in [0.25, 0.3) is 11.5 Å². The lowest BCUT2D eigenvalue weighted by atomic mass is 10.0. The van der Waals surface area contributed by atoms with E-state index in [1.807, 2.05) is 50.2 Å². The van der Waals surface area contributed by atoms with E-state index in [9.17, 15) is 4.39 Å². The number of likely N-dealkylation sites (tertiary alicyclic amines) is 1. The number of nitrogens with zero attached hydrogens (tertiary/aromatic N) is 2. The molecule has 0 spiro atoms. The first-order valence-corrected chi connectivity index (χ1v) is 9.83. The number of para-hydroxylation sites is 1. The Balaban J connectivity index is 1.57. The highest BCUT2D eigenvalue weighted by Gasteiger charge is 2.28. The summed E-state index contributed by atoms with van der Waals surface area (Å²) in [5.41, 5.74) is 2.97. The highest BCUT2D eigenvalue weighted by Crippen LogP contribution is 2.35. The van der Waals surface area contributed by atoms with Gasteiger partial charge >= 0.3 is 0 Å². The van der Waals surface area contributed by atoms with Gasteiger partial charge in [-0.3, -0.25) is 4.90 Å². The van der Waals surface area contributed by atoms with E-state index in [2.05, 4.69) is 4.90 Å². The van der Waals surface area contributed by atoms with Gasteiger partial charge in [0, 0.05) is 12.6 Å². The van der Waals surface area contributed by atoms with Crippen LogP contribution in [0.2, 0.25) is 0 Å². The lowest BCUT2D eigenvalue weighted by Gasteiger charge is -2.24. The molecule has 2 aromatic carbocycles. The third kappa shape index (κ3) is 3.80. The molecule has 1 aliphatic heterocycles. The van der Waals surface area contributed by atoms with Crippen molar-refractivity contribution in [2.24, 2.45) is 0 Å². The maximum absolute atomic E-state index is 13.3. The molecule has 4 rings (SSSR count).